The predicted octanol–water partition coefficient (Wildman–Crippen LogP) is 8.20. The lowest BCUT2D eigenvalue weighted by molar-refractivity contribution is -0.147. The van der Waals surface area contributed by atoms with Crippen LogP contribution in [0.5, 0.6) is 11.5 Å². The second-order valence-corrected chi connectivity index (χ2v) is 14.2. The Hall–Kier alpha value is -4.57. The fourth-order valence-corrected chi connectivity index (χ4v) is 7.08. The highest BCUT2D eigenvalue weighted by atomic mass is 16.6. The van der Waals surface area contributed by atoms with Crippen molar-refractivity contribution in [3.05, 3.63) is 95.6 Å². The number of rotatable bonds is 24. The molecule has 4 unspecified atom stereocenters. The van der Waals surface area contributed by atoms with E-state index >= 15 is 0 Å². The number of unbranched alkanes of at least 4 members (excludes halogenated alkanes) is 1. The van der Waals surface area contributed by atoms with Gasteiger partial charge in [-0.1, -0.05) is 87.7 Å². The molecule has 0 aromatic heterocycles. The van der Waals surface area contributed by atoms with Gasteiger partial charge in [0.25, 0.3) is 0 Å². The molecule has 2 N–H and O–H groups in total. The summed E-state index contributed by atoms with van der Waals surface area (Å²) < 4.78 is 29.7. The molecule has 1 aliphatic rings. The summed E-state index contributed by atoms with van der Waals surface area (Å²) >= 11 is 0. The molecule has 0 radical (unpaired) electrons. The number of carbonyl (C=O) groups excluding carboxylic acids is 3. The highest BCUT2D eigenvalue weighted by Gasteiger charge is 2.39. The first kappa shape index (κ1) is 42.2. The smallest absolute Gasteiger partial charge is 0.407 e. The van der Waals surface area contributed by atoms with Crippen molar-refractivity contribution in [2.45, 2.75) is 89.8 Å². The summed E-state index contributed by atoms with van der Waals surface area (Å²) in [5.41, 5.74) is 1.70. The van der Waals surface area contributed by atoms with Gasteiger partial charge in [0.05, 0.1) is 33.9 Å². The van der Waals surface area contributed by atoms with Crippen LogP contribution in [0.1, 0.15) is 94.7 Å². The summed E-state index contributed by atoms with van der Waals surface area (Å²) in [7, 11) is 4.82. The summed E-state index contributed by atoms with van der Waals surface area (Å²) in [5.74, 6) is 2.06. The highest BCUT2D eigenvalue weighted by molar-refractivity contribution is 5.81. The van der Waals surface area contributed by atoms with Gasteiger partial charge in [0, 0.05) is 25.9 Å². The molecule has 2 amide bonds. The number of methoxy groups -OCH3 is 2. The van der Waals surface area contributed by atoms with Gasteiger partial charge in [-0.3, -0.25) is 9.59 Å². The van der Waals surface area contributed by atoms with Crippen molar-refractivity contribution in [2.75, 3.05) is 41.0 Å². The van der Waals surface area contributed by atoms with Crippen LogP contribution in [0.4, 0.5) is 4.79 Å². The summed E-state index contributed by atoms with van der Waals surface area (Å²) in [6.07, 6.45) is 7.02. The van der Waals surface area contributed by atoms with E-state index in [-0.39, 0.29) is 50.1 Å². The molecule has 10 heteroatoms. The second-order valence-electron chi connectivity index (χ2n) is 14.2. The van der Waals surface area contributed by atoms with Gasteiger partial charge < -0.3 is 34.3 Å². The molecule has 1 aliphatic carbocycles. The highest BCUT2D eigenvalue weighted by Crippen LogP contribution is 2.45. The third kappa shape index (κ3) is 12.5. The topological polar surface area (TPSA) is 121 Å². The molecule has 0 aliphatic heterocycles. The lowest BCUT2D eigenvalue weighted by Crippen LogP contribution is -2.35. The molecule has 4 atom stereocenters. The maximum absolute atomic E-state index is 12.7. The Bertz CT molecular complexity index is 1520. The molecule has 0 spiro atoms. The zero-order chi connectivity index (χ0) is 38.8. The van der Waals surface area contributed by atoms with Gasteiger partial charge in [-0.2, -0.15) is 0 Å². The number of hydrogen-bond acceptors (Lipinski definition) is 8. The fourth-order valence-electron chi connectivity index (χ4n) is 7.08. The van der Waals surface area contributed by atoms with E-state index in [9.17, 15) is 14.4 Å². The number of amides is 2. The molecule has 1 fully saturated rings. The largest absolute Gasteiger partial charge is 0.497 e. The average molecular weight is 745 g/mol. The van der Waals surface area contributed by atoms with Crippen LogP contribution in [-0.2, 0) is 29.4 Å². The van der Waals surface area contributed by atoms with E-state index < -0.39 is 11.6 Å². The summed E-state index contributed by atoms with van der Waals surface area (Å²) in [6.45, 7) is 5.20. The molecule has 0 bridgehead atoms. The zero-order valence-electron chi connectivity index (χ0n) is 32.8. The van der Waals surface area contributed by atoms with Crippen LogP contribution >= 0.6 is 0 Å². The van der Waals surface area contributed by atoms with Crippen LogP contribution in [0.15, 0.2) is 78.9 Å². The molecule has 294 valence electrons. The fraction of sp³-hybridized carbons (Fsp3) is 0.523. The molecule has 54 heavy (non-hydrogen) atoms. The zero-order valence-corrected chi connectivity index (χ0v) is 32.8. The van der Waals surface area contributed by atoms with Crippen LogP contribution in [0.3, 0.4) is 0 Å². The van der Waals surface area contributed by atoms with E-state index in [0.717, 1.165) is 66.2 Å². The first-order valence-electron chi connectivity index (χ1n) is 19.5. The number of esters is 1. The predicted molar refractivity (Wildman–Crippen MR) is 210 cm³/mol. The Balaban J connectivity index is 1.49. The maximum atomic E-state index is 12.7. The minimum absolute atomic E-state index is 0.0101. The third-order valence-corrected chi connectivity index (χ3v) is 10.4. The summed E-state index contributed by atoms with van der Waals surface area (Å²) in [4.78, 5) is 37.2. The molecule has 1 saturated carbocycles. The molecule has 3 aromatic carbocycles. The molecule has 10 nitrogen and oxygen atoms in total. The monoisotopic (exact) mass is 744 g/mol. The van der Waals surface area contributed by atoms with E-state index in [2.05, 4.69) is 24.5 Å². The Labute approximate surface area is 321 Å². The van der Waals surface area contributed by atoms with Gasteiger partial charge in [0.1, 0.15) is 23.2 Å². The minimum Gasteiger partial charge on any atom is -0.497 e. The molecule has 0 heterocycles. The standard InChI is InChI=1S/C44H60N2O8/c1-6-13-40(29-34-28-33(34)7-2)54-43(49)46-27-12-11-14-32(30-52-42(48)26-25-41(47)45-3)31-53-44(35-15-9-8-10-16-35,36-17-21-38(50-4)22-18-36)37-19-23-39(51-5)24-20-37/h8-10,15-24,32-34,40H,6-7,11-14,25-31H2,1-5H3,(H,45,47)(H,46,49). The average Bonchev–Trinajstić information content (AvgIpc) is 3.97. The molecule has 4 rings (SSSR count). The van der Waals surface area contributed by atoms with E-state index in [4.69, 9.17) is 23.7 Å². The Morgan fingerprint density at radius 3 is 1.96 bits per heavy atom. The first-order chi connectivity index (χ1) is 26.3. The lowest BCUT2D eigenvalue weighted by atomic mass is 9.79. The van der Waals surface area contributed by atoms with Crippen molar-refractivity contribution >= 4 is 18.0 Å². The quantitative estimate of drug-likeness (QED) is 0.0535. The number of ether oxygens (including phenoxy) is 5. The van der Waals surface area contributed by atoms with Crippen LogP contribution in [0, 0.1) is 17.8 Å². The second kappa shape index (κ2) is 22.0. The van der Waals surface area contributed by atoms with Crippen molar-refractivity contribution in [1.82, 2.24) is 10.6 Å². The first-order valence-corrected chi connectivity index (χ1v) is 19.5. The number of benzene rings is 3. The summed E-state index contributed by atoms with van der Waals surface area (Å²) in [6, 6.07) is 25.7. The van der Waals surface area contributed by atoms with Crippen molar-refractivity contribution in [3.63, 3.8) is 0 Å². The number of hydrogen-bond donors (Lipinski definition) is 2. The Morgan fingerprint density at radius 2 is 1.41 bits per heavy atom. The maximum Gasteiger partial charge on any atom is 0.407 e. The number of carbonyl (C=O) groups is 3. The Kier molecular flexibility index (Phi) is 17.2. The van der Waals surface area contributed by atoms with E-state index in [1.165, 1.54) is 12.8 Å². The van der Waals surface area contributed by atoms with E-state index in [0.29, 0.717) is 18.9 Å². The van der Waals surface area contributed by atoms with Gasteiger partial charge in [-0.05, 0) is 84.9 Å². The number of alkyl carbamates (subject to hydrolysis) is 1. The summed E-state index contributed by atoms with van der Waals surface area (Å²) in [5, 5.41) is 5.49. The third-order valence-electron chi connectivity index (χ3n) is 10.4. The van der Waals surface area contributed by atoms with Crippen LogP contribution in [0.2, 0.25) is 0 Å². The van der Waals surface area contributed by atoms with Gasteiger partial charge >= 0.3 is 12.1 Å². The lowest BCUT2D eigenvalue weighted by Gasteiger charge is -2.37. The van der Waals surface area contributed by atoms with Crippen molar-refractivity contribution < 1.29 is 38.1 Å². The van der Waals surface area contributed by atoms with Gasteiger partial charge in [-0.25, -0.2) is 4.79 Å². The molecular formula is C44H60N2O8. The molecule has 0 saturated heterocycles. The van der Waals surface area contributed by atoms with Crippen LogP contribution in [0.25, 0.3) is 0 Å². The van der Waals surface area contributed by atoms with Gasteiger partial charge in [0.15, 0.2) is 0 Å². The van der Waals surface area contributed by atoms with Crippen LogP contribution in [-0.4, -0.2) is 65.1 Å². The number of nitrogens with one attached hydrogen (secondary N) is 2. The van der Waals surface area contributed by atoms with Crippen molar-refractivity contribution in [1.29, 1.82) is 0 Å². The van der Waals surface area contributed by atoms with Gasteiger partial charge in [-0.15, -0.1) is 0 Å². The Morgan fingerprint density at radius 1 is 0.778 bits per heavy atom. The normalized spacial score (nSPS) is 16.1. The van der Waals surface area contributed by atoms with E-state index in [1.807, 2.05) is 78.9 Å². The molecular weight excluding hydrogens is 684 g/mol. The SMILES string of the molecule is CCCC(CC1CC1CC)OC(=O)NCCCCC(COC(=O)CCC(=O)NC)COC(c1ccccc1)(c1ccc(OC)cc1)c1ccc(OC)cc1. The molecule has 3 aromatic rings. The van der Waals surface area contributed by atoms with Crippen molar-refractivity contribution in [3.8, 4) is 11.5 Å². The van der Waals surface area contributed by atoms with Crippen LogP contribution < -0.4 is 20.1 Å². The minimum atomic E-state index is -1.03. The van der Waals surface area contributed by atoms with Gasteiger partial charge in [0.2, 0.25) is 5.91 Å². The van der Waals surface area contributed by atoms with Crippen molar-refractivity contribution in [2.24, 2.45) is 17.8 Å². The van der Waals surface area contributed by atoms with E-state index in [1.54, 1.807) is 21.3 Å².